The molecule has 0 aromatic heterocycles. The molecule has 0 spiro atoms. The molecule has 0 aliphatic rings. The summed E-state index contributed by atoms with van der Waals surface area (Å²) in [5.74, 6) is -0.699. The number of benzene rings is 2. The normalized spacial score (nSPS) is 12.1. The zero-order valence-corrected chi connectivity index (χ0v) is 15.5. The highest BCUT2D eigenvalue weighted by atomic mass is 19.1. The van der Waals surface area contributed by atoms with Gasteiger partial charge in [0.25, 0.3) is 5.91 Å². The average Bonchev–Trinajstić information content (AvgIpc) is 2.68. The van der Waals surface area contributed by atoms with Crippen molar-refractivity contribution < 1.29 is 14.0 Å². The maximum atomic E-state index is 12.8. The van der Waals surface area contributed by atoms with Crippen molar-refractivity contribution in [3.05, 3.63) is 71.5 Å². The Kier molecular flexibility index (Phi) is 7.71. The molecule has 0 aliphatic heterocycles. The second kappa shape index (κ2) is 10.5. The van der Waals surface area contributed by atoms with Crippen LogP contribution in [0.3, 0.4) is 0 Å². The third kappa shape index (κ3) is 7.28. The molecule has 7 nitrogen and oxygen atoms in total. The SMILES string of the molecule is CC(=N/N=C(\C)CC(=O)N/N=C/c1ccc(F)cc1)NC(=O)c1ccccc1. The summed E-state index contributed by atoms with van der Waals surface area (Å²) in [6, 6.07) is 14.4. The van der Waals surface area contributed by atoms with Gasteiger partial charge in [0.15, 0.2) is 0 Å². The van der Waals surface area contributed by atoms with E-state index in [-0.39, 0.29) is 24.1 Å². The van der Waals surface area contributed by atoms with Crippen LogP contribution >= 0.6 is 0 Å². The van der Waals surface area contributed by atoms with Crippen molar-refractivity contribution in [1.82, 2.24) is 10.7 Å². The monoisotopic (exact) mass is 381 g/mol. The Balaban J connectivity index is 1.81. The van der Waals surface area contributed by atoms with Gasteiger partial charge in [0, 0.05) is 11.3 Å². The van der Waals surface area contributed by atoms with Gasteiger partial charge in [-0.3, -0.25) is 9.59 Å². The molecule has 0 radical (unpaired) electrons. The molecule has 2 amide bonds. The van der Waals surface area contributed by atoms with Crippen LogP contribution in [0.2, 0.25) is 0 Å². The first-order valence-corrected chi connectivity index (χ1v) is 8.45. The Labute approximate surface area is 162 Å². The van der Waals surface area contributed by atoms with E-state index in [1.807, 2.05) is 6.07 Å². The number of carbonyl (C=O) groups is 2. The highest BCUT2D eigenvalue weighted by molar-refractivity contribution is 6.06. The maximum absolute atomic E-state index is 12.8. The van der Waals surface area contributed by atoms with E-state index in [4.69, 9.17) is 0 Å². The molecule has 0 fully saturated rings. The molecule has 0 atom stereocenters. The van der Waals surface area contributed by atoms with Crippen molar-refractivity contribution in [1.29, 1.82) is 0 Å². The smallest absolute Gasteiger partial charge is 0.256 e. The van der Waals surface area contributed by atoms with Gasteiger partial charge < -0.3 is 5.32 Å². The zero-order chi connectivity index (χ0) is 20.4. The summed E-state index contributed by atoms with van der Waals surface area (Å²) in [6.07, 6.45) is 1.40. The molecular weight excluding hydrogens is 361 g/mol. The Bertz CT molecular complexity index is 906. The first-order valence-electron chi connectivity index (χ1n) is 8.45. The Morgan fingerprint density at radius 3 is 2.36 bits per heavy atom. The second-order valence-corrected chi connectivity index (χ2v) is 5.86. The highest BCUT2D eigenvalue weighted by Gasteiger charge is 2.05. The molecular formula is C20H20FN5O2. The lowest BCUT2D eigenvalue weighted by Crippen LogP contribution is -2.28. The first kappa shape index (κ1) is 20.6. The minimum Gasteiger partial charge on any atom is -0.309 e. The third-order valence-electron chi connectivity index (χ3n) is 3.39. The van der Waals surface area contributed by atoms with Gasteiger partial charge in [-0.1, -0.05) is 30.3 Å². The number of halogens is 1. The molecule has 2 N–H and O–H groups in total. The number of hydrazone groups is 1. The van der Waals surface area contributed by atoms with Crippen LogP contribution in [0.15, 0.2) is 69.9 Å². The topological polar surface area (TPSA) is 95.3 Å². The van der Waals surface area contributed by atoms with Crippen molar-refractivity contribution in [3.63, 3.8) is 0 Å². The fourth-order valence-electron chi connectivity index (χ4n) is 2.05. The van der Waals surface area contributed by atoms with Crippen molar-refractivity contribution in [2.45, 2.75) is 20.3 Å². The third-order valence-corrected chi connectivity index (χ3v) is 3.39. The van der Waals surface area contributed by atoms with E-state index in [0.29, 0.717) is 22.7 Å². The summed E-state index contributed by atoms with van der Waals surface area (Å²) in [7, 11) is 0. The van der Waals surface area contributed by atoms with Crippen LogP contribution in [-0.2, 0) is 4.79 Å². The van der Waals surface area contributed by atoms with Crippen molar-refractivity contribution in [2.24, 2.45) is 15.3 Å². The van der Waals surface area contributed by atoms with Crippen molar-refractivity contribution in [3.8, 4) is 0 Å². The van der Waals surface area contributed by atoms with E-state index in [9.17, 15) is 14.0 Å². The van der Waals surface area contributed by atoms with Gasteiger partial charge in [-0.05, 0) is 43.7 Å². The summed E-state index contributed by atoms with van der Waals surface area (Å²) in [4.78, 5) is 23.8. The number of amides is 2. The van der Waals surface area contributed by atoms with Gasteiger partial charge in [-0.25, -0.2) is 9.82 Å². The van der Waals surface area contributed by atoms with Gasteiger partial charge in [0.2, 0.25) is 5.91 Å². The molecule has 2 aromatic carbocycles. The average molecular weight is 381 g/mol. The fourth-order valence-corrected chi connectivity index (χ4v) is 2.05. The van der Waals surface area contributed by atoms with Crippen LogP contribution in [0.5, 0.6) is 0 Å². The Hall–Kier alpha value is -3.68. The van der Waals surface area contributed by atoms with Crippen LogP contribution in [0.25, 0.3) is 0 Å². The molecule has 0 aliphatic carbocycles. The van der Waals surface area contributed by atoms with Crippen LogP contribution in [0, 0.1) is 5.82 Å². The van der Waals surface area contributed by atoms with Crippen molar-refractivity contribution >= 4 is 29.6 Å². The first-order chi connectivity index (χ1) is 13.4. The zero-order valence-electron chi connectivity index (χ0n) is 15.5. The minimum absolute atomic E-state index is 0.00975. The molecule has 0 heterocycles. The summed E-state index contributed by atoms with van der Waals surface area (Å²) < 4.78 is 12.8. The van der Waals surface area contributed by atoms with Gasteiger partial charge in [-0.15, -0.1) is 5.10 Å². The quantitative estimate of drug-likeness (QED) is 0.457. The Morgan fingerprint density at radius 2 is 1.68 bits per heavy atom. The van der Waals surface area contributed by atoms with E-state index in [2.05, 4.69) is 26.0 Å². The molecule has 0 unspecified atom stereocenters. The Morgan fingerprint density at radius 1 is 1.00 bits per heavy atom. The number of amidine groups is 1. The lowest BCUT2D eigenvalue weighted by atomic mass is 10.2. The molecule has 28 heavy (non-hydrogen) atoms. The van der Waals surface area contributed by atoms with Gasteiger partial charge in [0.1, 0.15) is 11.7 Å². The molecule has 2 rings (SSSR count). The molecule has 144 valence electrons. The van der Waals surface area contributed by atoms with E-state index < -0.39 is 0 Å². The molecule has 2 aromatic rings. The van der Waals surface area contributed by atoms with Crippen LogP contribution < -0.4 is 10.7 Å². The van der Waals surface area contributed by atoms with E-state index in [1.54, 1.807) is 50.2 Å². The molecule has 0 saturated carbocycles. The standard InChI is InChI=1S/C20H20FN5O2/c1-14(12-19(27)26-22-13-16-8-10-18(21)11-9-16)24-25-15(2)23-20(28)17-6-4-3-5-7-17/h3-11,13H,12H2,1-2H3,(H,26,27)(H,23,25,28)/b22-13+,24-14+. The predicted octanol–water partition coefficient (Wildman–Crippen LogP) is 2.89. The van der Waals surface area contributed by atoms with E-state index in [1.165, 1.54) is 18.3 Å². The van der Waals surface area contributed by atoms with Gasteiger partial charge in [-0.2, -0.15) is 10.2 Å². The van der Waals surface area contributed by atoms with Crippen LogP contribution in [0.4, 0.5) is 4.39 Å². The van der Waals surface area contributed by atoms with Crippen LogP contribution in [0.1, 0.15) is 36.2 Å². The number of hydrogen-bond donors (Lipinski definition) is 2. The van der Waals surface area contributed by atoms with E-state index >= 15 is 0 Å². The largest absolute Gasteiger partial charge is 0.309 e. The minimum atomic E-state index is -0.374. The molecule has 0 saturated heterocycles. The maximum Gasteiger partial charge on any atom is 0.256 e. The molecule has 8 heteroatoms. The molecule has 0 bridgehead atoms. The number of rotatable bonds is 6. The lowest BCUT2D eigenvalue weighted by molar-refractivity contribution is -0.119. The van der Waals surface area contributed by atoms with Gasteiger partial charge >= 0.3 is 0 Å². The van der Waals surface area contributed by atoms with Crippen molar-refractivity contribution in [2.75, 3.05) is 0 Å². The summed E-state index contributed by atoms with van der Waals surface area (Å²) in [5, 5.41) is 14.2. The summed E-state index contributed by atoms with van der Waals surface area (Å²) in [5.41, 5.74) is 3.97. The second-order valence-electron chi connectivity index (χ2n) is 5.86. The fraction of sp³-hybridized carbons (Fsp3) is 0.150. The number of hydrogen-bond acceptors (Lipinski definition) is 5. The highest BCUT2D eigenvalue weighted by Crippen LogP contribution is 2.00. The summed E-state index contributed by atoms with van der Waals surface area (Å²) in [6.45, 7) is 3.24. The number of carbonyl (C=O) groups excluding carboxylic acids is 2. The predicted molar refractivity (Wildman–Crippen MR) is 107 cm³/mol. The lowest BCUT2D eigenvalue weighted by Gasteiger charge is -2.03. The van der Waals surface area contributed by atoms with Crippen LogP contribution in [-0.4, -0.2) is 29.6 Å². The summed E-state index contributed by atoms with van der Waals surface area (Å²) >= 11 is 0. The van der Waals surface area contributed by atoms with Gasteiger partial charge in [0.05, 0.1) is 12.6 Å². The number of nitrogens with one attached hydrogen (secondary N) is 2. The number of nitrogens with zero attached hydrogens (tertiary/aromatic N) is 3. The van der Waals surface area contributed by atoms with E-state index in [0.717, 1.165) is 0 Å².